The van der Waals surface area contributed by atoms with E-state index in [0.717, 1.165) is 41.1 Å². The Kier molecular flexibility index (Phi) is 5.60. The maximum atomic E-state index is 12.1. The predicted molar refractivity (Wildman–Crippen MR) is 112 cm³/mol. The van der Waals surface area contributed by atoms with Crippen LogP contribution in [0.1, 0.15) is 17.2 Å². The molecule has 0 saturated carbocycles. The molecule has 3 aromatic rings. The van der Waals surface area contributed by atoms with E-state index in [1.165, 1.54) is 5.56 Å². The first-order valence-electron chi connectivity index (χ1n) is 9.22. The Bertz CT molecular complexity index is 996. The number of nitrogens with zero attached hydrogens (tertiary/aromatic N) is 2. The molecule has 0 aliphatic carbocycles. The Balaban J connectivity index is 1.50. The molecule has 5 nitrogen and oxygen atoms in total. The standard InChI is InChI=1S/C21H21Cl2N3O2/c22-15-4-1-3-14(11-15)13-25-7-9-26(10-8-25)20(21(27)28)16-12-24-18-6-2-5-17(23)19(16)18/h1-6,11-12,20,24H,7-10,13H2,(H,27,28). The minimum atomic E-state index is -0.857. The molecule has 146 valence electrons. The van der Waals surface area contributed by atoms with Gasteiger partial charge in [-0.3, -0.25) is 14.6 Å². The van der Waals surface area contributed by atoms with E-state index in [4.69, 9.17) is 23.2 Å². The number of aromatic nitrogens is 1. The maximum absolute atomic E-state index is 12.1. The van der Waals surface area contributed by atoms with Gasteiger partial charge in [-0.2, -0.15) is 0 Å². The van der Waals surface area contributed by atoms with Crippen molar-refractivity contribution in [2.24, 2.45) is 0 Å². The van der Waals surface area contributed by atoms with Gasteiger partial charge in [-0.1, -0.05) is 41.4 Å². The highest BCUT2D eigenvalue weighted by atomic mass is 35.5. The summed E-state index contributed by atoms with van der Waals surface area (Å²) in [5, 5.41) is 12.0. The first kappa shape index (κ1) is 19.3. The molecule has 1 unspecified atom stereocenters. The fourth-order valence-electron chi connectivity index (χ4n) is 3.94. The summed E-state index contributed by atoms with van der Waals surface area (Å²) in [5.41, 5.74) is 2.74. The lowest BCUT2D eigenvalue weighted by molar-refractivity contribution is -0.144. The number of piperazine rings is 1. The van der Waals surface area contributed by atoms with Crippen molar-refractivity contribution in [3.05, 3.63) is 69.8 Å². The zero-order chi connectivity index (χ0) is 19.7. The number of rotatable bonds is 5. The van der Waals surface area contributed by atoms with E-state index in [9.17, 15) is 9.90 Å². The Labute approximate surface area is 173 Å². The highest BCUT2D eigenvalue weighted by molar-refractivity contribution is 6.35. The van der Waals surface area contributed by atoms with Crippen molar-refractivity contribution < 1.29 is 9.90 Å². The van der Waals surface area contributed by atoms with Gasteiger partial charge in [-0.05, 0) is 29.8 Å². The highest BCUT2D eigenvalue weighted by Gasteiger charge is 2.32. The second kappa shape index (κ2) is 8.13. The third-order valence-electron chi connectivity index (χ3n) is 5.28. The molecule has 2 N–H and O–H groups in total. The first-order valence-corrected chi connectivity index (χ1v) is 9.97. The molecule has 1 fully saturated rings. The Morgan fingerprint density at radius 1 is 1.11 bits per heavy atom. The second-order valence-corrected chi connectivity index (χ2v) is 7.93. The van der Waals surface area contributed by atoms with Gasteiger partial charge in [0.2, 0.25) is 0 Å². The number of hydrogen-bond acceptors (Lipinski definition) is 3. The van der Waals surface area contributed by atoms with Gasteiger partial charge in [-0.25, -0.2) is 0 Å². The van der Waals surface area contributed by atoms with Crippen molar-refractivity contribution in [2.45, 2.75) is 12.6 Å². The van der Waals surface area contributed by atoms with Crippen LogP contribution in [0.3, 0.4) is 0 Å². The number of halogens is 2. The number of aromatic amines is 1. The lowest BCUT2D eigenvalue weighted by Crippen LogP contribution is -2.48. The second-order valence-electron chi connectivity index (χ2n) is 7.09. The number of H-pyrrole nitrogens is 1. The molecule has 1 saturated heterocycles. The third-order valence-corrected chi connectivity index (χ3v) is 5.83. The van der Waals surface area contributed by atoms with Crippen LogP contribution in [-0.2, 0) is 11.3 Å². The molecule has 1 aliphatic heterocycles. The summed E-state index contributed by atoms with van der Waals surface area (Å²) in [6.45, 7) is 3.76. The fraction of sp³-hybridized carbons (Fsp3) is 0.286. The molecule has 0 radical (unpaired) electrons. The molecule has 0 spiro atoms. The molecule has 7 heteroatoms. The number of carboxylic acid groups (broad SMARTS) is 1. The SMILES string of the molecule is O=C(O)C(c1c[nH]c2cccc(Cl)c12)N1CCN(Cc2cccc(Cl)c2)CC1. The summed E-state index contributed by atoms with van der Waals surface area (Å²) in [6, 6.07) is 12.7. The van der Waals surface area contributed by atoms with E-state index in [0.29, 0.717) is 18.1 Å². The smallest absolute Gasteiger partial charge is 0.325 e. The highest BCUT2D eigenvalue weighted by Crippen LogP contribution is 2.34. The summed E-state index contributed by atoms with van der Waals surface area (Å²) in [7, 11) is 0. The van der Waals surface area contributed by atoms with Gasteiger partial charge < -0.3 is 10.1 Å². The largest absolute Gasteiger partial charge is 0.480 e. The average molecular weight is 418 g/mol. The predicted octanol–water partition coefficient (Wildman–Crippen LogP) is 4.42. The van der Waals surface area contributed by atoms with E-state index >= 15 is 0 Å². The topological polar surface area (TPSA) is 59.6 Å². The van der Waals surface area contributed by atoms with E-state index in [1.807, 2.05) is 35.2 Å². The van der Waals surface area contributed by atoms with E-state index < -0.39 is 12.0 Å². The Hall–Kier alpha value is -2.05. The average Bonchev–Trinajstić information content (AvgIpc) is 3.08. The zero-order valence-corrected chi connectivity index (χ0v) is 16.7. The van der Waals surface area contributed by atoms with Crippen LogP contribution < -0.4 is 0 Å². The monoisotopic (exact) mass is 417 g/mol. The Morgan fingerprint density at radius 2 is 1.86 bits per heavy atom. The van der Waals surface area contributed by atoms with Gasteiger partial charge in [0.05, 0.1) is 5.02 Å². The van der Waals surface area contributed by atoms with Gasteiger partial charge in [0.25, 0.3) is 0 Å². The minimum Gasteiger partial charge on any atom is -0.480 e. The molecular weight excluding hydrogens is 397 g/mol. The number of benzene rings is 2. The molecule has 2 heterocycles. The molecule has 1 aliphatic rings. The first-order chi connectivity index (χ1) is 13.5. The minimum absolute atomic E-state index is 0.569. The third kappa shape index (κ3) is 3.89. The van der Waals surface area contributed by atoms with Gasteiger partial charge in [0.15, 0.2) is 0 Å². The van der Waals surface area contributed by atoms with Crippen LogP contribution in [0.4, 0.5) is 0 Å². The summed E-state index contributed by atoms with van der Waals surface area (Å²) in [4.78, 5) is 19.6. The number of carboxylic acids is 1. The molecule has 4 rings (SSSR count). The number of aliphatic carboxylic acids is 1. The van der Waals surface area contributed by atoms with E-state index in [2.05, 4.69) is 16.0 Å². The quantitative estimate of drug-likeness (QED) is 0.644. The normalized spacial score (nSPS) is 17.1. The van der Waals surface area contributed by atoms with Crippen molar-refractivity contribution in [3.63, 3.8) is 0 Å². The number of nitrogens with one attached hydrogen (secondary N) is 1. The molecule has 28 heavy (non-hydrogen) atoms. The molecule has 2 aromatic carbocycles. The molecule has 1 aromatic heterocycles. The number of carbonyl (C=O) groups is 1. The Morgan fingerprint density at radius 3 is 2.57 bits per heavy atom. The van der Waals surface area contributed by atoms with E-state index in [-0.39, 0.29) is 0 Å². The molecule has 0 bridgehead atoms. The summed E-state index contributed by atoms with van der Waals surface area (Å²) >= 11 is 12.4. The van der Waals surface area contributed by atoms with Crippen LogP contribution in [0.2, 0.25) is 10.0 Å². The van der Waals surface area contributed by atoms with Crippen molar-refractivity contribution in [3.8, 4) is 0 Å². The van der Waals surface area contributed by atoms with E-state index in [1.54, 1.807) is 12.3 Å². The number of hydrogen-bond donors (Lipinski definition) is 2. The van der Waals surface area contributed by atoms with Crippen LogP contribution in [0.15, 0.2) is 48.7 Å². The lowest BCUT2D eigenvalue weighted by atomic mass is 10.0. The molecule has 0 amide bonds. The van der Waals surface area contributed by atoms with Crippen LogP contribution in [0, 0.1) is 0 Å². The van der Waals surface area contributed by atoms with Crippen LogP contribution >= 0.6 is 23.2 Å². The van der Waals surface area contributed by atoms with Gasteiger partial charge >= 0.3 is 5.97 Å². The van der Waals surface area contributed by atoms with Crippen LogP contribution in [-0.4, -0.2) is 52.0 Å². The lowest BCUT2D eigenvalue weighted by Gasteiger charge is -2.37. The van der Waals surface area contributed by atoms with Crippen LogP contribution in [0.5, 0.6) is 0 Å². The summed E-state index contributed by atoms with van der Waals surface area (Å²) in [6.07, 6.45) is 1.77. The van der Waals surface area contributed by atoms with Gasteiger partial charge in [0, 0.05) is 60.4 Å². The summed E-state index contributed by atoms with van der Waals surface area (Å²) < 4.78 is 0. The fourth-order valence-corrected chi connectivity index (χ4v) is 4.44. The zero-order valence-electron chi connectivity index (χ0n) is 15.2. The van der Waals surface area contributed by atoms with Gasteiger partial charge in [-0.15, -0.1) is 0 Å². The van der Waals surface area contributed by atoms with Gasteiger partial charge in [0.1, 0.15) is 6.04 Å². The number of fused-ring (bicyclic) bond motifs is 1. The van der Waals surface area contributed by atoms with Crippen molar-refractivity contribution in [1.82, 2.24) is 14.8 Å². The van der Waals surface area contributed by atoms with Crippen molar-refractivity contribution in [1.29, 1.82) is 0 Å². The van der Waals surface area contributed by atoms with Crippen molar-refractivity contribution >= 4 is 40.1 Å². The molecular formula is C21H21Cl2N3O2. The molecule has 1 atom stereocenters. The summed E-state index contributed by atoms with van der Waals surface area (Å²) in [5.74, 6) is -0.857. The van der Waals surface area contributed by atoms with Crippen molar-refractivity contribution in [2.75, 3.05) is 26.2 Å². The maximum Gasteiger partial charge on any atom is 0.325 e. The van der Waals surface area contributed by atoms with Crippen LogP contribution in [0.25, 0.3) is 10.9 Å².